The fourth-order valence-electron chi connectivity index (χ4n) is 2.83. The van der Waals surface area contributed by atoms with Crippen molar-refractivity contribution >= 4 is 5.65 Å². The van der Waals surface area contributed by atoms with Crippen molar-refractivity contribution in [2.45, 2.75) is 13.3 Å². The number of imidazole rings is 1. The smallest absolute Gasteiger partial charge is 0.137 e. The molecule has 0 saturated carbocycles. The summed E-state index contributed by atoms with van der Waals surface area (Å²) in [5.74, 6) is -0.295. The molecule has 0 spiro atoms. The summed E-state index contributed by atoms with van der Waals surface area (Å²) in [6.07, 6.45) is 4.02. The van der Waals surface area contributed by atoms with Gasteiger partial charge in [0.1, 0.15) is 17.2 Å². The highest BCUT2D eigenvalue weighted by molar-refractivity contribution is 5.63. The number of nitrogens with zero attached hydrogens (tertiary/aromatic N) is 5. The number of benzene rings is 1. The minimum absolute atomic E-state index is 0.295. The lowest BCUT2D eigenvalue weighted by atomic mass is 10.2. The SMILES string of the molecule is Cc1c(-c2ccc3nc(CCF)cn3c2)nnn1-c1ccc(F)cc1. The number of halogens is 2. The van der Waals surface area contributed by atoms with Crippen LogP contribution in [0, 0.1) is 12.7 Å². The minimum atomic E-state index is -0.429. The molecule has 0 amide bonds. The molecule has 126 valence electrons. The number of fused-ring (bicyclic) bond motifs is 1. The Morgan fingerprint density at radius 1 is 1.04 bits per heavy atom. The molecular weight excluding hydrogens is 324 g/mol. The molecule has 0 atom stereocenters. The van der Waals surface area contributed by atoms with E-state index in [4.69, 9.17) is 0 Å². The van der Waals surface area contributed by atoms with E-state index in [0.29, 0.717) is 12.1 Å². The van der Waals surface area contributed by atoms with Crippen molar-refractivity contribution in [3.63, 3.8) is 0 Å². The van der Waals surface area contributed by atoms with Crippen molar-refractivity contribution in [2.75, 3.05) is 6.67 Å². The van der Waals surface area contributed by atoms with Gasteiger partial charge in [0.05, 0.1) is 23.7 Å². The number of hydrogen-bond donors (Lipinski definition) is 0. The summed E-state index contributed by atoms with van der Waals surface area (Å²) in [6.45, 7) is 1.48. The lowest BCUT2D eigenvalue weighted by Gasteiger charge is -2.04. The van der Waals surface area contributed by atoms with Crippen LogP contribution in [0.1, 0.15) is 11.4 Å². The van der Waals surface area contributed by atoms with Crippen LogP contribution in [-0.4, -0.2) is 31.1 Å². The number of pyridine rings is 1. The first-order chi connectivity index (χ1) is 12.2. The topological polar surface area (TPSA) is 48.0 Å². The predicted octanol–water partition coefficient (Wildman–Crippen LogP) is 3.54. The second-order valence-electron chi connectivity index (χ2n) is 5.77. The molecule has 0 N–H and O–H groups in total. The van der Waals surface area contributed by atoms with Gasteiger partial charge < -0.3 is 4.40 Å². The van der Waals surface area contributed by atoms with E-state index in [0.717, 1.165) is 28.3 Å². The van der Waals surface area contributed by atoms with Crippen molar-refractivity contribution in [2.24, 2.45) is 0 Å². The third kappa shape index (κ3) is 2.77. The van der Waals surface area contributed by atoms with Gasteiger partial charge in [-0.25, -0.2) is 14.1 Å². The molecule has 0 aliphatic heterocycles. The Bertz CT molecular complexity index is 1030. The maximum absolute atomic E-state index is 13.1. The Balaban J connectivity index is 1.74. The molecule has 0 unspecified atom stereocenters. The average Bonchev–Trinajstić information content (AvgIpc) is 3.18. The molecule has 0 radical (unpaired) electrons. The highest BCUT2D eigenvalue weighted by Gasteiger charge is 2.13. The van der Waals surface area contributed by atoms with Gasteiger partial charge in [-0.1, -0.05) is 5.21 Å². The van der Waals surface area contributed by atoms with Gasteiger partial charge in [-0.3, -0.25) is 4.39 Å². The lowest BCUT2D eigenvalue weighted by molar-refractivity contribution is 0.492. The summed E-state index contributed by atoms with van der Waals surface area (Å²) in [4.78, 5) is 4.37. The molecule has 4 aromatic rings. The van der Waals surface area contributed by atoms with E-state index in [2.05, 4.69) is 15.3 Å². The molecule has 4 rings (SSSR count). The predicted molar refractivity (Wildman–Crippen MR) is 89.9 cm³/mol. The largest absolute Gasteiger partial charge is 0.306 e. The Kier molecular flexibility index (Phi) is 3.76. The van der Waals surface area contributed by atoms with E-state index < -0.39 is 6.67 Å². The Morgan fingerprint density at radius 3 is 2.60 bits per heavy atom. The van der Waals surface area contributed by atoms with Gasteiger partial charge >= 0.3 is 0 Å². The van der Waals surface area contributed by atoms with E-state index >= 15 is 0 Å². The lowest BCUT2D eigenvalue weighted by Crippen LogP contribution is -1.99. The first kappa shape index (κ1) is 15.4. The van der Waals surface area contributed by atoms with Gasteiger partial charge in [-0.15, -0.1) is 5.10 Å². The fraction of sp³-hybridized carbons (Fsp3) is 0.167. The highest BCUT2D eigenvalue weighted by Crippen LogP contribution is 2.23. The van der Waals surface area contributed by atoms with Gasteiger partial charge in [0.15, 0.2) is 0 Å². The normalized spacial score (nSPS) is 11.3. The Labute approximate surface area is 142 Å². The third-order valence-electron chi connectivity index (χ3n) is 4.09. The third-order valence-corrected chi connectivity index (χ3v) is 4.09. The molecular formula is C18H15F2N5. The monoisotopic (exact) mass is 339 g/mol. The van der Waals surface area contributed by atoms with E-state index in [9.17, 15) is 8.78 Å². The zero-order chi connectivity index (χ0) is 17.4. The van der Waals surface area contributed by atoms with Gasteiger partial charge in [0.2, 0.25) is 0 Å². The second-order valence-corrected chi connectivity index (χ2v) is 5.77. The zero-order valence-corrected chi connectivity index (χ0v) is 13.5. The van der Waals surface area contributed by atoms with Crippen LogP contribution < -0.4 is 0 Å². The van der Waals surface area contributed by atoms with Gasteiger partial charge in [-0.05, 0) is 43.3 Å². The van der Waals surface area contributed by atoms with Gasteiger partial charge in [-0.2, -0.15) is 0 Å². The molecule has 0 aliphatic carbocycles. The van der Waals surface area contributed by atoms with Crippen molar-refractivity contribution in [3.05, 3.63) is 66.0 Å². The number of aryl methyl sites for hydroxylation is 1. The first-order valence-electron chi connectivity index (χ1n) is 7.88. The molecule has 5 nitrogen and oxygen atoms in total. The highest BCUT2D eigenvalue weighted by atomic mass is 19.1. The standard InChI is InChI=1S/C18H15F2N5/c1-12-18(22-23-25(12)16-5-3-14(20)4-6-16)13-2-7-17-21-15(8-9-19)11-24(17)10-13/h2-7,10-11H,8-9H2,1H3. The van der Waals surface area contributed by atoms with Crippen molar-refractivity contribution in [3.8, 4) is 16.9 Å². The second kappa shape index (κ2) is 6.08. The zero-order valence-electron chi connectivity index (χ0n) is 13.5. The van der Waals surface area contributed by atoms with Crippen molar-refractivity contribution in [1.82, 2.24) is 24.4 Å². The average molecular weight is 339 g/mol. The summed E-state index contributed by atoms with van der Waals surface area (Å²) in [5, 5.41) is 8.44. The quantitative estimate of drug-likeness (QED) is 0.571. The molecule has 3 heterocycles. The summed E-state index contributed by atoms with van der Waals surface area (Å²) >= 11 is 0. The van der Waals surface area contributed by atoms with E-state index in [1.807, 2.05) is 35.9 Å². The number of hydrogen-bond acceptors (Lipinski definition) is 3. The van der Waals surface area contributed by atoms with Crippen LogP contribution >= 0.6 is 0 Å². The summed E-state index contributed by atoms with van der Waals surface area (Å²) in [5.41, 5.74) is 4.67. The molecule has 3 aromatic heterocycles. The Morgan fingerprint density at radius 2 is 1.84 bits per heavy atom. The number of aromatic nitrogens is 5. The molecule has 0 saturated heterocycles. The van der Waals surface area contributed by atoms with E-state index in [1.165, 1.54) is 12.1 Å². The fourth-order valence-corrected chi connectivity index (χ4v) is 2.83. The molecule has 7 heteroatoms. The maximum Gasteiger partial charge on any atom is 0.137 e. The van der Waals surface area contributed by atoms with Gasteiger partial charge in [0.25, 0.3) is 0 Å². The van der Waals surface area contributed by atoms with Crippen molar-refractivity contribution in [1.29, 1.82) is 0 Å². The molecule has 0 bridgehead atoms. The van der Waals surface area contributed by atoms with E-state index in [1.54, 1.807) is 16.8 Å². The molecule has 25 heavy (non-hydrogen) atoms. The van der Waals surface area contributed by atoms with Crippen LogP contribution in [0.4, 0.5) is 8.78 Å². The Hall–Kier alpha value is -3.09. The van der Waals surface area contributed by atoms with Crippen LogP contribution in [0.2, 0.25) is 0 Å². The molecule has 0 aliphatic rings. The van der Waals surface area contributed by atoms with Gasteiger partial charge in [0, 0.05) is 24.4 Å². The van der Waals surface area contributed by atoms with Crippen LogP contribution in [0.3, 0.4) is 0 Å². The number of alkyl halides is 1. The van der Waals surface area contributed by atoms with Crippen LogP contribution in [0.5, 0.6) is 0 Å². The minimum Gasteiger partial charge on any atom is -0.306 e. The molecule has 1 aromatic carbocycles. The summed E-state index contributed by atoms with van der Waals surface area (Å²) < 4.78 is 29.1. The van der Waals surface area contributed by atoms with Crippen molar-refractivity contribution < 1.29 is 8.78 Å². The maximum atomic E-state index is 13.1. The molecule has 0 fully saturated rings. The van der Waals surface area contributed by atoms with E-state index in [-0.39, 0.29) is 5.82 Å². The summed E-state index contributed by atoms with van der Waals surface area (Å²) in [6, 6.07) is 9.87. The van der Waals surface area contributed by atoms with Crippen LogP contribution in [0.25, 0.3) is 22.6 Å². The van der Waals surface area contributed by atoms with Crippen LogP contribution in [0.15, 0.2) is 48.8 Å². The summed E-state index contributed by atoms with van der Waals surface area (Å²) in [7, 11) is 0. The first-order valence-corrected chi connectivity index (χ1v) is 7.88. The van der Waals surface area contributed by atoms with Crippen LogP contribution in [-0.2, 0) is 6.42 Å². The number of rotatable bonds is 4.